The Kier molecular flexibility index (Phi) is 6.52. The van der Waals surface area contributed by atoms with E-state index in [0.29, 0.717) is 30.5 Å². The molecule has 0 radical (unpaired) electrons. The van der Waals surface area contributed by atoms with Crippen LogP contribution in [0.3, 0.4) is 0 Å². The molecule has 2 heterocycles. The van der Waals surface area contributed by atoms with Crippen molar-refractivity contribution >= 4 is 17.3 Å². The number of ether oxygens (including phenoxy) is 1. The molecular weight excluding hydrogens is 384 g/mol. The van der Waals surface area contributed by atoms with Gasteiger partial charge in [0.2, 0.25) is 5.89 Å². The first-order valence-electron chi connectivity index (χ1n) is 9.89. The van der Waals surface area contributed by atoms with Gasteiger partial charge >= 0.3 is 5.97 Å². The number of carbonyl (C=O) groups is 1. The summed E-state index contributed by atoms with van der Waals surface area (Å²) in [6.45, 7) is 10.7. The maximum absolute atomic E-state index is 11.5. The smallest absolute Gasteiger partial charge is 0.305 e. The maximum Gasteiger partial charge on any atom is 0.305 e. The van der Waals surface area contributed by atoms with Crippen LogP contribution >= 0.6 is 11.3 Å². The average Bonchev–Trinajstić information content (AvgIpc) is 3.27. The van der Waals surface area contributed by atoms with E-state index in [4.69, 9.17) is 9.15 Å². The molecule has 0 saturated carbocycles. The summed E-state index contributed by atoms with van der Waals surface area (Å²) in [7, 11) is 1.42. The molecule has 0 amide bonds. The summed E-state index contributed by atoms with van der Waals surface area (Å²) < 4.78 is 10.8. The molecule has 0 spiro atoms. The molecule has 0 unspecified atom stereocenters. The molecule has 3 rings (SSSR count). The van der Waals surface area contributed by atoms with Crippen LogP contribution in [0.1, 0.15) is 47.4 Å². The predicted molar refractivity (Wildman–Crippen MR) is 116 cm³/mol. The Balaban J connectivity index is 1.84. The van der Waals surface area contributed by atoms with Gasteiger partial charge in [0.15, 0.2) is 0 Å². The van der Waals surface area contributed by atoms with Crippen LogP contribution in [0, 0.1) is 26.7 Å². The minimum absolute atomic E-state index is 0.197. The third-order valence-corrected chi connectivity index (χ3v) is 6.12. The standard InChI is InChI=1S/C23H28N2O3S/c1-13(2)9-17-12-20(29-16(17)5)23-25-24-22(28-23)18-10-14(3)19(15(4)11-18)7-8-21(26)27-6/h10-13H,7-9H2,1-6H3. The number of benzene rings is 1. The van der Waals surface area contributed by atoms with Gasteiger partial charge in [-0.05, 0) is 80.0 Å². The first-order chi connectivity index (χ1) is 13.8. The second-order valence-corrected chi connectivity index (χ2v) is 9.12. The number of thiophene rings is 1. The summed E-state index contributed by atoms with van der Waals surface area (Å²) in [6, 6.07) is 6.26. The molecule has 154 valence electrons. The van der Waals surface area contributed by atoms with Gasteiger partial charge in [0.25, 0.3) is 5.89 Å². The van der Waals surface area contributed by atoms with Crippen molar-refractivity contribution < 1.29 is 13.9 Å². The van der Waals surface area contributed by atoms with Crippen LogP contribution in [-0.2, 0) is 22.4 Å². The van der Waals surface area contributed by atoms with Crippen LogP contribution in [0.15, 0.2) is 22.6 Å². The zero-order chi connectivity index (χ0) is 21.1. The van der Waals surface area contributed by atoms with E-state index < -0.39 is 0 Å². The van der Waals surface area contributed by atoms with E-state index in [-0.39, 0.29) is 5.97 Å². The minimum Gasteiger partial charge on any atom is -0.469 e. The van der Waals surface area contributed by atoms with E-state index in [1.807, 2.05) is 26.0 Å². The fourth-order valence-electron chi connectivity index (χ4n) is 3.55. The van der Waals surface area contributed by atoms with E-state index in [1.54, 1.807) is 11.3 Å². The van der Waals surface area contributed by atoms with Crippen molar-refractivity contribution in [1.29, 1.82) is 0 Å². The Morgan fingerprint density at radius 1 is 1.10 bits per heavy atom. The largest absolute Gasteiger partial charge is 0.469 e. The Hall–Kier alpha value is -2.47. The first-order valence-corrected chi connectivity index (χ1v) is 10.7. The molecule has 0 N–H and O–H groups in total. The molecule has 0 fully saturated rings. The van der Waals surface area contributed by atoms with Crippen molar-refractivity contribution in [1.82, 2.24) is 10.2 Å². The van der Waals surface area contributed by atoms with Crippen LogP contribution < -0.4 is 0 Å². The lowest BCUT2D eigenvalue weighted by Gasteiger charge is -2.10. The van der Waals surface area contributed by atoms with E-state index in [0.717, 1.165) is 33.6 Å². The fourth-order valence-corrected chi connectivity index (χ4v) is 4.52. The summed E-state index contributed by atoms with van der Waals surface area (Å²) >= 11 is 1.70. The number of esters is 1. The molecule has 5 nitrogen and oxygen atoms in total. The van der Waals surface area contributed by atoms with E-state index >= 15 is 0 Å². The van der Waals surface area contributed by atoms with Gasteiger partial charge in [-0.1, -0.05) is 13.8 Å². The number of nitrogens with zero attached hydrogens (tertiary/aromatic N) is 2. The van der Waals surface area contributed by atoms with Crippen molar-refractivity contribution in [3.8, 4) is 22.2 Å². The SMILES string of the molecule is COC(=O)CCc1c(C)cc(-c2nnc(-c3cc(CC(C)C)c(C)s3)o2)cc1C. The molecule has 1 aromatic carbocycles. The number of carbonyl (C=O) groups excluding carboxylic acids is 1. The monoisotopic (exact) mass is 412 g/mol. The molecule has 2 aromatic heterocycles. The van der Waals surface area contributed by atoms with Crippen LogP contribution in [0.25, 0.3) is 22.2 Å². The molecule has 6 heteroatoms. The van der Waals surface area contributed by atoms with E-state index in [9.17, 15) is 4.79 Å². The van der Waals surface area contributed by atoms with Gasteiger partial charge in [-0.25, -0.2) is 0 Å². The van der Waals surface area contributed by atoms with Crippen molar-refractivity contribution in [2.24, 2.45) is 5.92 Å². The van der Waals surface area contributed by atoms with Crippen LogP contribution in [0.2, 0.25) is 0 Å². The number of hydrogen-bond acceptors (Lipinski definition) is 6. The number of aryl methyl sites for hydroxylation is 3. The molecule has 0 aliphatic heterocycles. The summed E-state index contributed by atoms with van der Waals surface area (Å²) in [5.41, 5.74) is 5.62. The maximum atomic E-state index is 11.5. The van der Waals surface area contributed by atoms with Crippen LogP contribution in [0.5, 0.6) is 0 Å². The summed E-state index contributed by atoms with van der Waals surface area (Å²) in [4.78, 5) is 13.8. The summed E-state index contributed by atoms with van der Waals surface area (Å²) in [6.07, 6.45) is 2.08. The zero-order valence-electron chi connectivity index (χ0n) is 18.0. The van der Waals surface area contributed by atoms with Crippen LogP contribution in [-0.4, -0.2) is 23.3 Å². The topological polar surface area (TPSA) is 65.2 Å². The van der Waals surface area contributed by atoms with E-state index in [1.165, 1.54) is 17.6 Å². The van der Waals surface area contributed by atoms with Gasteiger partial charge < -0.3 is 9.15 Å². The summed E-state index contributed by atoms with van der Waals surface area (Å²) in [5, 5.41) is 8.56. The van der Waals surface area contributed by atoms with Gasteiger partial charge in [0.05, 0.1) is 12.0 Å². The van der Waals surface area contributed by atoms with Crippen LogP contribution in [0.4, 0.5) is 0 Å². The van der Waals surface area contributed by atoms with Crippen molar-refractivity contribution in [2.75, 3.05) is 7.11 Å². The first kappa shape index (κ1) is 21.2. The van der Waals surface area contributed by atoms with Crippen molar-refractivity contribution in [2.45, 2.75) is 53.9 Å². The molecule has 0 bridgehead atoms. The average molecular weight is 413 g/mol. The summed E-state index contributed by atoms with van der Waals surface area (Å²) in [5.74, 6) is 1.49. The Labute approximate surface area is 176 Å². The third-order valence-electron chi connectivity index (χ3n) is 5.03. The zero-order valence-corrected chi connectivity index (χ0v) is 18.8. The van der Waals surface area contributed by atoms with Gasteiger partial charge in [0.1, 0.15) is 0 Å². The van der Waals surface area contributed by atoms with Crippen molar-refractivity contribution in [3.63, 3.8) is 0 Å². The Morgan fingerprint density at radius 3 is 2.38 bits per heavy atom. The number of hydrogen-bond donors (Lipinski definition) is 0. The highest BCUT2D eigenvalue weighted by Gasteiger charge is 2.17. The van der Waals surface area contributed by atoms with Gasteiger partial charge in [-0.3, -0.25) is 4.79 Å². The Morgan fingerprint density at radius 2 is 1.76 bits per heavy atom. The number of methoxy groups -OCH3 is 1. The lowest BCUT2D eigenvalue weighted by Crippen LogP contribution is -2.04. The minimum atomic E-state index is -0.197. The van der Waals surface area contributed by atoms with Gasteiger partial charge in [0, 0.05) is 16.9 Å². The van der Waals surface area contributed by atoms with Gasteiger partial charge in [-0.2, -0.15) is 0 Å². The third kappa shape index (κ3) is 4.93. The molecule has 3 aromatic rings. The molecule has 0 aliphatic rings. The molecule has 0 aliphatic carbocycles. The molecule has 0 saturated heterocycles. The quantitative estimate of drug-likeness (QED) is 0.466. The van der Waals surface area contributed by atoms with E-state index in [2.05, 4.69) is 37.0 Å². The van der Waals surface area contributed by atoms with Gasteiger partial charge in [-0.15, -0.1) is 21.5 Å². The molecule has 29 heavy (non-hydrogen) atoms. The second-order valence-electron chi connectivity index (χ2n) is 7.87. The highest BCUT2D eigenvalue weighted by atomic mass is 32.1. The highest BCUT2D eigenvalue weighted by molar-refractivity contribution is 7.15. The predicted octanol–water partition coefficient (Wildman–Crippen LogP) is 5.69. The lowest BCUT2D eigenvalue weighted by atomic mass is 9.96. The second kappa shape index (κ2) is 8.91. The number of aromatic nitrogens is 2. The lowest BCUT2D eigenvalue weighted by molar-refractivity contribution is -0.140. The Bertz CT molecular complexity index is 994. The molecular formula is C23H28N2O3S. The highest BCUT2D eigenvalue weighted by Crippen LogP contribution is 2.33. The fraction of sp³-hybridized carbons (Fsp3) is 0.435. The normalized spacial score (nSPS) is 11.3. The number of rotatable bonds is 7. The molecule has 0 atom stereocenters. The van der Waals surface area contributed by atoms with Crippen molar-refractivity contribution in [3.05, 3.63) is 45.3 Å².